The van der Waals surface area contributed by atoms with Gasteiger partial charge in [0.15, 0.2) is 0 Å². The first-order valence-electron chi connectivity index (χ1n) is 10.9. The van der Waals surface area contributed by atoms with Crippen LogP contribution in [0.25, 0.3) is 0 Å². The zero-order valence-electron chi connectivity index (χ0n) is 19.8. The smallest absolute Gasteiger partial charge is 0.315 e. The number of aryl methyl sites for hydroxylation is 1. The average Bonchev–Trinajstić information content (AvgIpc) is 2.88. The lowest BCUT2D eigenvalue weighted by Gasteiger charge is -2.16. The Bertz CT molecular complexity index is 1180. The van der Waals surface area contributed by atoms with E-state index in [0.717, 1.165) is 11.1 Å². The van der Waals surface area contributed by atoms with Crippen LogP contribution < -0.4 is 30.7 Å². The Morgan fingerprint density at radius 1 is 0.771 bits per heavy atom. The summed E-state index contributed by atoms with van der Waals surface area (Å²) in [6, 6.07) is 19.1. The Morgan fingerprint density at radius 3 is 1.97 bits per heavy atom. The van der Waals surface area contributed by atoms with E-state index >= 15 is 0 Å². The summed E-state index contributed by atoms with van der Waals surface area (Å²) in [4.78, 5) is 37.0. The number of carbonyl (C=O) groups excluding carboxylic acids is 3. The van der Waals surface area contributed by atoms with Crippen molar-refractivity contribution in [1.29, 1.82) is 0 Å². The van der Waals surface area contributed by atoms with Crippen LogP contribution in [0.3, 0.4) is 0 Å². The van der Waals surface area contributed by atoms with Crippen molar-refractivity contribution in [3.63, 3.8) is 0 Å². The molecule has 4 N–H and O–H groups in total. The Morgan fingerprint density at radius 2 is 1.37 bits per heavy atom. The van der Waals surface area contributed by atoms with Gasteiger partial charge in [-0.15, -0.1) is 0 Å². The van der Waals surface area contributed by atoms with Gasteiger partial charge in [0.1, 0.15) is 11.5 Å². The van der Waals surface area contributed by atoms with Gasteiger partial charge in [-0.3, -0.25) is 9.59 Å². The van der Waals surface area contributed by atoms with Crippen LogP contribution in [0.2, 0.25) is 0 Å². The van der Waals surface area contributed by atoms with Crippen molar-refractivity contribution in [2.45, 2.75) is 13.5 Å². The Hall–Kier alpha value is -4.53. The second kappa shape index (κ2) is 12.1. The number of hydrogen-bond donors (Lipinski definition) is 4. The fourth-order valence-corrected chi connectivity index (χ4v) is 3.18. The Kier molecular flexibility index (Phi) is 8.66. The van der Waals surface area contributed by atoms with E-state index in [0.29, 0.717) is 35.0 Å². The highest BCUT2D eigenvalue weighted by molar-refractivity contribution is 6.05. The summed E-state index contributed by atoms with van der Waals surface area (Å²) in [5, 5.41) is 10.7. The molecule has 0 unspecified atom stereocenters. The Balaban J connectivity index is 1.59. The van der Waals surface area contributed by atoms with Gasteiger partial charge in [0, 0.05) is 24.2 Å². The van der Waals surface area contributed by atoms with E-state index in [9.17, 15) is 14.4 Å². The summed E-state index contributed by atoms with van der Waals surface area (Å²) in [6.07, 6.45) is 0. The molecule has 3 rings (SSSR count). The molecule has 0 atom stereocenters. The van der Waals surface area contributed by atoms with E-state index in [1.54, 1.807) is 30.3 Å². The summed E-state index contributed by atoms with van der Waals surface area (Å²) >= 11 is 0. The number of carbonyl (C=O) groups is 3. The van der Waals surface area contributed by atoms with Crippen LogP contribution >= 0.6 is 0 Å². The summed E-state index contributed by atoms with van der Waals surface area (Å²) in [5.41, 5.74) is 3.27. The molecule has 0 spiro atoms. The molecule has 0 radical (unpaired) electrons. The summed E-state index contributed by atoms with van der Waals surface area (Å²) in [7, 11) is 2.89. The molecule has 0 saturated carbocycles. The van der Waals surface area contributed by atoms with Crippen molar-refractivity contribution in [3.05, 3.63) is 83.4 Å². The highest BCUT2D eigenvalue weighted by atomic mass is 16.5. The minimum atomic E-state index is -0.468. The van der Waals surface area contributed by atoms with Crippen molar-refractivity contribution < 1.29 is 23.9 Å². The van der Waals surface area contributed by atoms with Crippen LogP contribution in [0.15, 0.2) is 66.7 Å². The molecule has 35 heavy (non-hydrogen) atoms. The van der Waals surface area contributed by atoms with Crippen LogP contribution in [-0.4, -0.2) is 38.6 Å². The molecule has 3 aromatic rings. The van der Waals surface area contributed by atoms with Gasteiger partial charge >= 0.3 is 6.03 Å². The van der Waals surface area contributed by atoms with Gasteiger partial charge in [-0.2, -0.15) is 0 Å². The number of urea groups is 1. The molecule has 0 saturated heterocycles. The van der Waals surface area contributed by atoms with Crippen molar-refractivity contribution in [3.8, 4) is 11.5 Å². The maximum atomic E-state index is 12.5. The van der Waals surface area contributed by atoms with Gasteiger partial charge in [-0.05, 0) is 24.6 Å². The third kappa shape index (κ3) is 7.23. The third-order valence-corrected chi connectivity index (χ3v) is 5.06. The van der Waals surface area contributed by atoms with E-state index in [4.69, 9.17) is 9.47 Å². The number of benzene rings is 3. The van der Waals surface area contributed by atoms with Crippen LogP contribution in [0.4, 0.5) is 16.2 Å². The SMILES string of the molecule is COc1cc(NC(=O)c2ccccc2)c(OC)cc1NC(=O)CNC(=O)NCc1ccc(C)cc1. The maximum Gasteiger partial charge on any atom is 0.315 e. The molecule has 0 bridgehead atoms. The van der Waals surface area contributed by atoms with E-state index < -0.39 is 11.9 Å². The molecular weight excluding hydrogens is 448 g/mol. The summed E-state index contributed by atoms with van der Waals surface area (Å²) in [6.45, 7) is 2.08. The fraction of sp³-hybridized carbons (Fsp3) is 0.192. The second-order valence-electron chi connectivity index (χ2n) is 7.64. The lowest BCUT2D eigenvalue weighted by atomic mass is 10.1. The van der Waals surface area contributed by atoms with E-state index in [1.807, 2.05) is 37.3 Å². The van der Waals surface area contributed by atoms with Crippen molar-refractivity contribution in [1.82, 2.24) is 10.6 Å². The largest absolute Gasteiger partial charge is 0.494 e. The minimum absolute atomic E-state index is 0.252. The molecule has 0 aliphatic carbocycles. The number of ether oxygens (including phenoxy) is 2. The molecule has 0 aromatic heterocycles. The number of amides is 4. The molecule has 9 nitrogen and oxygen atoms in total. The van der Waals surface area contributed by atoms with Gasteiger partial charge in [-0.1, -0.05) is 48.0 Å². The predicted octanol–water partition coefficient (Wildman–Crippen LogP) is 3.70. The Labute approximate surface area is 203 Å². The van der Waals surface area contributed by atoms with Gasteiger partial charge in [0.2, 0.25) is 5.91 Å². The van der Waals surface area contributed by atoms with Crippen LogP contribution in [-0.2, 0) is 11.3 Å². The van der Waals surface area contributed by atoms with Gasteiger partial charge < -0.3 is 30.7 Å². The predicted molar refractivity (Wildman–Crippen MR) is 134 cm³/mol. The molecule has 0 heterocycles. The lowest BCUT2D eigenvalue weighted by molar-refractivity contribution is -0.115. The van der Waals surface area contributed by atoms with Gasteiger partial charge in [-0.25, -0.2) is 4.79 Å². The fourth-order valence-electron chi connectivity index (χ4n) is 3.18. The zero-order valence-corrected chi connectivity index (χ0v) is 19.8. The highest BCUT2D eigenvalue weighted by Gasteiger charge is 2.16. The summed E-state index contributed by atoms with van der Waals surface area (Å²) < 4.78 is 10.8. The maximum absolute atomic E-state index is 12.5. The molecule has 0 aliphatic rings. The monoisotopic (exact) mass is 476 g/mol. The normalized spacial score (nSPS) is 10.1. The number of anilines is 2. The number of rotatable bonds is 9. The standard InChI is InChI=1S/C26H28N4O5/c1-17-9-11-18(12-10-17)15-27-26(33)28-16-24(31)29-20-13-23(35-3)21(14-22(20)34-2)30-25(32)19-7-5-4-6-8-19/h4-14H,15-16H2,1-3H3,(H,29,31)(H,30,32)(H2,27,28,33). The quantitative estimate of drug-likeness (QED) is 0.376. The molecule has 4 amide bonds. The first kappa shape index (κ1) is 25.1. The molecule has 0 aliphatic heterocycles. The van der Waals surface area contributed by atoms with Crippen molar-refractivity contribution in [2.24, 2.45) is 0 Å². The topological polar surface area (TPSA) is 118 Å². The molecule has 9 heteroatoms. The van der Waals surface area contributed by atoms with E-state index in [-0.39, 0.29) is 12.5 Å². The van der Waals surface area contributed by atoms with Gasteiger partial charge in [0.05, 0.1) is 32.1 Å². The molecular formula is C26H28N4O5. The highest BCUT2D eigenvalue weighted by Crippen LogP contribution is 2.36. The van der Waals surface area contributed by atoms with Crippen molar-refractivity contribution in [2.75, 3.05) is 31.4 Å². The number of hydrogen-bond acceptors (Lipinski definition) is 5. The molecule has 182 valence electrons. The van der Waals surface area contributed by atoms with Crippen molar-refractivity contribution >= 4 is 29.2 Å². The first-order chi connectivity index (χ1) is 16.9. The number of methoxy groups -OCH3 is 2. The van der Waals surface area contributed by atoms with E-state index in [1.165, 1.54) is 20.3 Å². The van der Waals surface area contributed by atoms with Crippen LogP contribution in [0.5, 0.6) is 11.5 Å². The third-order valence-electron chi connectivity index (χ3n) is 5.06. The zero-order chi connectivity index (χ0) is 25.2. The second-order valence-corrected chi connectivity index (χ2v) is 7.64. The van der Waals surface area contributed by atoms with Gasteiger partial charge in [0.25, 0.3) is 5.91 Å². The number of nitrogens with one attached hydrogen (secondary N) is 4. The minimum Gasteiger partial charge on any atom is -0.494 e. The summed E-state index contributed by atoms with van der Waals surface area (Å²) in [5.74, 6) is -0.138. The average molecular weight is 477 g/mol. The van der Waals surface area contributed by atoms with Crippen LogP contribution in [0, 0.1) is 6.92 Å². The van der Waals surface area contributed by atoms with E-state index in [2.05, 4.69) is 21.3 Å². The lowest BCUT2D eigenvalue weighted by Crippen LogP contribution is -2.39. The first-order valence-corrected chi connectivity index (χ1v) is 10.9. The van der Waals surface area contributed by atoms with Crippen LogP contribution in [0.1, 0.15) is 21.5 Å². The molecule has 3 aromatic carbocycles. The molecule has 0 fully saturated rings.